The number of urea groups is 1. The fourth-order valence-electron chi connectivity index (χ4n) is 3.92. The van der Waals surface area contributed by atoms with E-state index in [0.29, 0.717) is 32.9 Å². The first-order valence-corrected chi connectivity index (χ1v) is 11.4. The predicted octanol–water partition coefficient (Wildman–Crippen LogP) is 4.54. The number of aryl methyl sites for hydroxylation is 1. The van der Waals surface area contributed by atoms with Crippen LogP contribution in [-0.2, 0) is 9.59 Å². The van der Waals surface area contributed by atoms with Crippen LogP contribution in [0.2, 0.25) is 0 Å². The monoisotopic (exact) mass is 540 g/mol. The number of nitrogens with one attached hydrogen (secondary N) is 2. The Kier molecular flexibility index (Phi) is 6.74. The molecule has 180 valence electrons. The summed E-state index contributed by atoms with van der Waals surface area (Å²) in [5.74, 6) is -1.14. The van der Waals surface area contributed by atoms with Gasteiger partial charge in [0.1, 0.15) is 23.8 Å². The molecule has 4 rings (SSSR count). The number of hydrogen-bond acceptors (Lipinski definition) is 4. The van der Waals surface area contributed by atoms with Crippen LogP contribution in [0.5, 0.6) is 5.75 Å². The number of rotatable bonds is 6. The molecule has 0 radical (unpaired) electrons. The molecule has 1 aliphatic rings. The molecule has 2 aromatic carbocycles. The van der Waals surface area contributed by atoms with Gasteiger partial charge < -0.3 is 19.9 Å². The number of aromatic nitrogens is 1. The number of methoxy groups -OCH3 is 1. The summed E-state index contributed by atoms with van der Waals surface area (Å²) in [6.45, 7) is 3.14. The predicted molar refractivity (Wildman–Crippen MR) is 133 cm³/mol. The SMILES string of the molecule is COc1ccccc1NC(=O)CN1C(=O)N/C(=C/c2cc(C)n(-c3ccc(Br)cc3F)c2C)C1=O. The van der Waals surface area contributed by atoms with Crippen LogP contribution in [0.15, 0.2) is 58.7 Å². The molecule has 0 bridgehead atoms. The largest absolute Gasteiger partial charge is 0.495 e. The van der Waals surface area contributed by atoms with Crippen molar-refractivity contribution in [1.82, 2.24) is 14.8 Å². The fourth-order valence-corrected chi connectivity index (χ4v) is 4.25. The Hall–Kier alpha value is -3.92. The number of para-hydroxylation sites is 2. The highest BCUT2D eigenvalue weighted by atomic mass is 79.9. The Morgan fingerprint density at radius 2 is 1.91 bits per heavy atom. The van der Waals surface area contributed by atoms with Gasteiger partial charge in [-0.25, -0.2) is 14.1 Å². The lowest BCUT2D eigenvalue weighted by Gasteiger charge is -2.13. The van der Waals surface area contributed by atoms with Crippen LogP contribution >= 0.6 is 15.9 Å². The van der Waals surface area contributed by atoms with E-state index in [9.17, 15) is 18.8 Å². The summed E-state index contributed by atoms with van der Waals surface area (Å²) in [4.78, 5) is 38.7. The lowest BCUT2D eigenvalue weighted by molar-refractivity contribution is -0.127. The zero-order valence-electron chi connectivity index (χ0n) is 19.2. The van der Waals surface area contributed by atoms with E-state index in [0.717, 1.165) is 10.6 Å². The fraction of sp³-hybridized carbons (Fsp3) is 0.160. The van der Waals surface area contributed by atoms with Gasteiger partial charge in [0, 0.05) is 15.9 Å². The van der Waals surface area contributed by atoms with E-state index in [-0.39, 0.29) is 5.70 Å². The van der Waals surface area contributed by atoms with E-state index < -0.39 is 30.2 Å². The number of amides is 4. The number of benzene rings is 2. The number of anilines is 1. The Labute approximate surface area is 209 Å². The van der Waals surface area contributed by atoms with Gasteiger partial charge in [-0.3, -0.25) is 9.59 Å². The number of nitrogens with zero attached hydrogens (tertiary/aromatic N) is 2. The van der Waals surface area contributed by atoms with Gasteiger partial charge in [-0.1, -0.05) is 28.1 Å². The summed E-state index contributed by atoms with van der Waals surface area (Å²) in [5, 5.41) is 5.15. The topological polar surface area (TPSA) is 92.7 Å². The minimum Gasteiger partial charge on any atom is -0.495 e. The van der Waals surface area contributed by atoms with Crippen LogP contribution in [0.25, 0.3) is 11.8 Å². The molecule has 10 heteroatoms. The first-order chi connectivity index (χ1) is 16.7. The lowest BCUT2D eigenvalue weighted by Crippen LogP contribution is -2.38. The smallest absolute Gasteiger partial charge is 0.329 e. The van der Waals surface area contributed by atoms with Gasteiger partial charge >= 0.3 is 6.03 Å². The van der Waals surface area contributed by atoms with E-state index in [4.69, 9.17) is 4.74 Å². The van der Waals surface area contributed by atoms with Crippen LogP contribution in [0.1, 0.15) is 17.0 Å². The molecule has 2 N–H and O–H groups in total. The lowest BCUT2D eigenvalue weighted by atomic mass is 10.2. The van der Waals surface area contributed by atoms with Gasteiger partial charge in [0.05, 0.1) is 18.5 Å². The zero-order chi connectivity index (χ0) is 25.3. The second-order valence-corrected chi connectivity index (χ2v) is 8.80. The number of ether oxygens (including phenoxy) is 1. The number of carbonyl (C=O) groups excluding carboxylic acids is 3. The number of hydrogen-bond donors (Lipinski definition) is 2. The molecule has 8 nitrogen and oxygen atoms in total. The van der Waals surface area contributed by atoms with Gasteiger partial charge in [0.15, 0.2) is 0 Å². The first-order valence-electron chi connectivity index (χ1n) is 10.6. The van der Waals surface area contributed by atoms with Crippen LogP contribution in [0.4, 0.5) is 14.9 Å². The van der Waals surface area contributed by atoms with Crippen LogP contribution < -0.4 is 15.4 Å². The van der Waals surface area contributed by atoms with Crippen molar-refractivity contribution in [2.24, 2.45) is 0 Å². The molecular formula is C25H22BrFN4O4. The van der Waals surface area contributed by atoms with E-state index in [1.165, 1.54) is 19.3 Å². The molecule has 1 aliphatic heterocycles. The third-order valence-electron chi connectivity index (χ3n) is 5.57. The molecule has 3 aromatic rings. The van der Waals surface area contributed by atoms with Crippen LogP contribution in [0, 0.1) is 19.7 Å². The molecule has 0 spiro atoms. The van der Waals surface area contributed by atoms with Crippen molar-refractivity contribution >= 4 is 45.5 Å². The summed E-state index contributed by atoms with van der Waals surface area (Å²) >= 11 is 3.25. The Bertz CT molecular complexity index is 1380. The van der Waals surface area contributed by atoms with E-state index in [1.54, 1.807) is 54.0 Å². The first kappa shape index (κ1) is 24.2. The van der Waals surface area contributed by atoms with Gasteiger partial charge in [-0.15, -0.1) is 0 Å². The van der Waals surface area contributed by atoms with Crippen molar-refractivity contribution in [2.75, 3.05) is 19.0 Å². The molecule has 35 heavy (non-hydrogen) atoms. The molecule has 0 saturated carbocycles. The molecule has 1 fully saturated rings. The normalized spacial score (nSPS) is 14.4. The van der Waals surface area contributed by atoms with Crippen molar-refractivity contribution in [2.45, 2.75) is 13.8 Å². The third kappa shape index (κ3) is 4.83. The summed E-state index contributed by atoms with van der Waals surface area (Å²) in [7, 11) is 1.47. The summed E-state index contributed by atoms with van der Waals surface area (Å²) in [6, 6.07) is 12.7. The molecule has 2 heterocycles. The van der Waals surface area contributed by atoms with Gasteiger partial charge in [-0.2, -0.15) is 0 Å². The summed E-state index contributed by atoms with van der Waals surface area (Å²) < 4.78 is 22.1. The number of halogens is 2. The Balaban J connectivity index is 1.55. The standard InChI is InChI=1S/C25H22BrFN4O4/c1-14-10-16(15(2)31(14)21-9-8-17(26)12-18(21)27)11-20-24(33)30(25(34)29-20)13-23(32)28-19-6-4-5-7-22(19)35-3/h4-12H,13H2,1-3H3,(H,28,32)(H,29,34)/b20-11+. The number of carbonyl (C=O) groups is 3. The average molecular weight is 541 g/mol. The van der Waals surface area contributed by atoms with Gasteiger partial charge in [-0.05, 0) is 61.9 Å². The number of imide groups is 1. The molecule has 0 unspecified atom stereocenters. The van der Waals surface area contributed by atoms with Crippen LogP contribution in [-0.4, -0.2) is 41.0 Å². The molecular weight excluding hydrogens is 519 g/mol. The highest BCUT2D eigenvalue weighted by Crippen LogP contribution is 2.27. The molecule has 0 aliphatic carbocycles. The van der Waals surface area contributed by atoms with Gasteiger partial charge in [0.2, 0.25) is 5.91 Å². The minimum atomic E-state index is -0.704. The molecule has 4 amide bonds. The summed E-state index contributed by atoms with van der Waals surface area (Å²) in [6.07, 6.45) is 1.52. The third-order valence-corrected chi connectivity index (χ3v) is 6.06. The van der Waals surface area contributed by atoms with E-state index in [2.05, 4.69) is 26.6 Å². The average Bonchev–Trinajstić information content (AvgIpc) is 3.23. The maximum Gasteiger partial charge on any atom is 0.329 e. The maximum atomic E-state index is 14.6. The van der Waals surface area contributed by atoms with Crippen molar-refractivity contribution in [3.05, 3.63) is 81.5 Å². The quantitative estimate of drug-likeness (QED) is 0.354. The second kappa shape index (κ2) is 9.75. The minimum absolute atomic E-state index is 0.0246. The van der Waals surface area contributed by atoms with Gasteiger partial charge in [0.25, 0.3) is 5.91 Å². The van der Waals surface area contributed by atoms with Crippen molar-refractivity contribution in [3.8, 4) is 11.4 Å². The van der Waals surface area contributed by atoms with Crippen molar-refractivity contribution < 1.29 is 23.5 Å². The van der Waals surface area contributed by atoms with E-state index >= 15 is 0 Å². The van der Waals surface area contributed by atoms with Crippen molar-refractivity contribution in [3.63, 3.8) is 0 Å². The van der Waals surface area contributed by atoms with E-state index in [1.807, 2.05) is 6.92 Å². The second-order valence-electron chi connectivity index (χ2n) is 7.89. The maximum absolute atomic E-state index is 14.6. The zero-order valence-corrected chi connectivity index (χ0v) is 20.8. The Morgan fingerprint density at radius 1 is 1.17 bits per heavy atom. The summed E-state index contributed by atoms with van der Waals surface area (Å²) in [5.41, 5.74) is 2.89. The Morgan fingerprint density at radius 3 is 2.63 bits per heavy atom. The highest BCUT2D eigenvalue weighted by Gasteiger charge is 2.35. The molecule has 1 saturated heterocycles. The molecule has 0 atom stereocenters. The van der Waals surface area contributed by atoms with Crippen molar-refractivity contribution in [1.29, 1.82) is 0 Å². The molecule has 1 aromatic heterocycles. The highest BCUT2D eigenvalue weighted by molar-refractivity contribution is 9.10. The van der Waals surface area contributed by atoms with Crippen LogP contribution in [0.3, 0.4) is 0 Å².